The predicted octanol–water partition coefficient (Wildman–Crippen LogP) is 4.31. The van der Waals surface area contributed by atoms with Crippen LogP contribution in [-0.4, -0.2) is 54.7 Å². The molecular weight excluding hydrogens is 486 g/mol. The van der Waals surface area contributed by atoms with Crippen molar-refractivity contribution in [3.05, 3.63) is 23.8 Å². The summed E-state index contributed by atoms with van der Waals surface area (Å²) < 4.78 is 31.0. The van der Waals surface area contributed by atoms with Crippen LogP contribution in [0.3, 0.4) is 0 Å². The van der Waals surface area contributed by atoms with Crippen molar-refractivity contribution in [2.24, 2.45) is 11.1 Å². The molecule has 0 aliphatic rings. The zero-order chi connectivity index (χ0) is 28.5. The van der Waals surface area contributed by atoms with Gasteiger partial charge in [-0.05, 0) is 86.4 Å². The predicted molar refractivity (Wildman–Crippen MR) is 133 cm³/mol. The summed E-state index contributed by atoms with van der Waals surface area (Å²) in [5.41, 5.74) is 5.83. The van der Waals surface area contributed by atoms with Crippen LogP contribution in [0.15, 0.2) is 18.2 Å². The van der Waals surface area contributed by atoms with Crippen molar-refractivity contribution in [1.29, 1.82) is 0 Å². The highest BCUT2D eigenvalue weighted by molar-refractivity contribution is 5.77. The van der Waals surface area contributed by atoms with Gasteiger partial charge >= 0.3 is 24.2 Å². The summed E-state index contributed by atoms with van der Waals surface area (Å²) in [6.07, 6.45) is -4.27. The monoisotopic (exact) mass is 525 g/mol. The molecule has 0 bridgehead atoms. The van der Waals surface area contributed by atoms with Gasteiger partial charge in [0.1, 0.15) is 18.2 Å². The number of hydrogen-bond acceptors (Lipinski definition) is 11. The molecule has 0 saturated carbocycles. The van der Waals surface area contributed by atoms with Crippen molar-refractivity contribution in [2.45, 2.75) is 99.2 Å². The molecule has 0 spiro atoms. The third-order valence-corrected chi connectivity index (χ3v) is 4.69. The van der Waals surface area contributed by atoms with Gasteiger partial charge in [-0.25, -0.2) is 9.59 Å². The zero-order valence-corrected chi connectivity index (χ0v) is 23.0. The van der Waals surface area contributed by atoms with E-state index in [0.717, 1.165) is 0 Å². The summed E-state index contributed by atoms with van der Waals surface area (Å²) in [6.45, 7) is 15.0. The zero-order valence-electron chi connectivity index (χ0n) is 23.0. The molecule has 0 amide bonds. The quantitative estimate of drug-likeness (QED) is 0.264. The first-order valence-corrected chi connectivity index (χ1v) is 12.1. The van der Waals surface area contributed by atoms with Gasteiger partial charge in [0.25, 0.3) is 0 Å². The van der Waals surface area contributed by atoms with E-state index in [9.17, 15) is 19.2 Å². The maximum Gasteiger partial charge on any atom is 0.514 e. The lowest BCUT2D eigenvalue weighted by Gasteiger charge is -2.25. The first-order valence-electron chi connectivity index (χ1n) is 12.1. The lowest BCUT2D eigenvalue weighted by Crippen LogP contribution is -2.40. The van der Waals surface area contributed by atoms with E-state index < -0.39 is 60.1 Å². The maximum absolute atomic E-state index is 12.6. The van der Waals surface area contributed by atoms with Crippen molar-refractivity contribution >= 4 is 24.2 Å². The third kappa shape index (κ3) is 11.5. The molecule has 1 aromatic rings. The summed E-state index contributed by atoms with van der Waals surface area (Å²) in [6, 6.07) is 3.23. The van der Waals surface area contributed by atoms with Crippen LogP contribution in [0.1, 0.15) is 67.9 Å². The highest BCUT2D eigenvalue weighted by atomic mass is 16.7. The smallest absolute Gasteiger partial charge is 0.458 e. The number of nitrogens with two attached hydrogens (primary N) is 1. The Kier molecular flexibility index (Phi) is 11.8. The number of esters is 2. The number of benzene rings is 1. The molecular formula is C26H39NO10. The lowest BCUT2D eigenvalue weighted by atomic mass is 9.97. The van der Waals surface area contributed by atoms with Gasteiger partial charge in [0.05, 0.1) is 17.6 Å². The Morgan fingerprint density at radius 3 is 1.73 bits per heavy atom. The van der Waals surface area contributed by atoms with Crippen molar-refractivity contribution < 1.29 is 47.6 Å². The molecule has 11 nitrogen and oxygen atoms in total. The molecule has 0 aliphatic carbocycles. The molecule has 11 heteroatoms. The van der Waals surface area contributed by atoms with Crippen LogP contribution in [0.2, 0.25) is 0 Å². The average Bonchev–Trinajstić information content (AvgIpc) is 2.73. The summed E-state index contributed by atoms with van der Waals surface area (Å²) >= 11 is 0. The van der Waals surface area contributed by atoms with E-state index >= 15 is 0 Å². The molecule has 1 aromatic carbocycles. The van der Waals surface area contributed by atoms with E-state index in [1.54, 1.807) is 68.4 Å². The molecule has 0 heterocycles. The lowest BCUT2D eigenvalue weighted by molar-refractivity contribution is -0.171. The van der Waals surface area contributed by atoms with Gasteiger partial charge in [-0.3, -0.25) is 9.59 Å². The van der Waals surface area contributed by atoms with Crippen molar-refractivity contribution in [3.8, 4) is 11.5 Å². The molecule has 0 aliphatic heterocycles. The summed E-state index contributed by atoms with van der Waals surface area (Å²) in [7, 11) is 0. The van der Waals surface area contributed by atoms with Crippen LogP contribution < -0.4 is 15.2 Å². The number of ether oxygens (including phenoxy) is 6. The molecule has 208 valence electrons. The standard InChI is InChI=1S/C26H39NO10/c1-14(2)32-24(30)36-20-11-10-18(13-21(20)37-25(31)33-15(3)4)12-19(27)22(28)34-16(5)17(6)35-23(29)26(7,8)9/h10-11,13-17,19H,12,27H2,1-9H3/t16-,17-,19-/m0/s1. The van der Waals surface area contributed by atoms with E-state index in [2.05, 4.69) is 0 Å². The fraction of sp³-hybridized carbons (Fsp3) is 0.615. The Labute approximate surface area is 217 Å². The van der Waals surface area contributed by atoms with Crippen LogP contribution in [0.25, 0.3) is 0 Å². The minimum Gasteiger partial charge on any atom is -0.458 e. The maximum atomic E-state index is 12.6. The normalized spacial score (nSPS) is 13.8. The average molecular weight is 526 g/mol. The second kappa shape index (κ2) is 13.8. The Bertz CT molecular complexity index is 951. The highest BCUT2D eigenvalue weighted by Gasteiger charge is 2.29. The SMILES string of the molecule is CC(C)OC(=O)Oc1ccc(C[C@H](N)C(=O)O[C@@H](C)[C@H](C)OC(=O)C(C)(C)C)cc1OC(=O)OC(C)C. The van der Waals surface area contributed by atoms with E-state index in [4.69, 9.17) is 34.2 Å². The molecule has 0 radical (unpaired) electrons. The Morgan fingerprint density at radius 1 is 0.757 bits per heavy atom. The van der Waals surface area contributed by atoms with Gasteiger partial charge < -0.3 is 34.2 Å². The highest BCUT2D eigenvalue weighted by Crippen LogP contribution is 2.30. The number of carbonyl (C=O) groups is 4. The molecule has 0 saturated heterocycles. The molecule has 0 fully saturated rings. The molecule has 3 atom stereocenters. The largest absolute Gasteiger partial charge is 0.514 e. The van der Waals surface area contributed by atoms with Gasteiger partial charge in [-0.15, -0.1) is 0 Å². The third-order valence-electron chi connectivity index (χ3n) is 4.69. The van der Waals surface area contributed by atoms with Crippen molar-refractivity contribution in [3.63, 3.8) is 0 Å². The minimum absolute atomic E-state index is 0.00796. The fourth-order valence-electron chi connectivity index (χ4n) is 2.60. The second-order valence-corrected chi connectivity index (χ2v) is 10.1. The van der Waals surface area contributed by atoms with Crippen LogP contribution in [0.5, 0.6) is 11.5 Å². The molecule has 0 unspecified atom stereocenters. The van der Waals surface area contributed by atoms with Crippen LogP contribution in [-0.2, 0) is 35.0 Å². The minimum atomic E-state index is -1.08. The number of hydrogen-bond donors (Lipinski definition) is 1. The fourth-order valence-corrected chi connectivity index (χ4v) is 2.60. The van der Waals surface area contributed by atoms with Crippen molar-refractivity contribution in [2.75, 3.05) is 0 Å². The Hall–Kier alpha value is -3.34. The van der Waals surface area contributed by atoms with E-state index in [1.807, 2.05) is 0 Å². The Balaban J connectivity index is 2.95. The van der Waals surface area contributed by atoms with E-state index in [-0.39, 0.29) is 17.9 Å². The number of carbonyl (C=O) groups excluding carboxylic acids is 4. The topological polar surface area (TPSA) is 150 Å². The summed E-state index contributed by atoms with van der Waals surface area (Å²) in [4.78, 5) is 48.6. The van der Waals surface area contributed by atoms with Gasteiger partial charge in [0.2, 0.25) is 0 Å². The first-order chi connectivity index (χ1) is 17.0. The molecule has 2 N–H and O–H groups in total. The van der Waals surface area contributed by atoms with E-state index in [0.29, 0.717) is 5.56 Å². The molecule has 37 heavy (non-hydrogen) atoms. The van der Waals surface area contributed by atoms with Gasteiger partial charge in [-0.1, -0.05) is 6.07 Å². The van der Waals surface area contributed by atoms with Crippen molar-refractivity contribution in [1.82, 2.24) is 0 Å². The molecule has 0 aromatic heterocycles. The number of rotatable bonds is 10. The van der Waals surface area contributed by atoms with Crippen LogP contribution in [0, 0.1) is 5.41 Å². The van der Waals surface area contributed by atoms with E-state index in [1.165, 1.54) is 12.1 Å². The van der Waals surface area contributed by atoms with Gasteiger partial charge in [-0.2, -0.15) is 0 Å². The van der Waals surface area contributed by atoms with Gasteiger partial charge in [0, 0.05) is 0 Å². The van der Waals surface area contributed by atoms with Gasteiger partial charge in [0.15, 0.2) is 11.5 Å². The summed E-state index contributed by atoms with van der Waals surface area (Å²) in [5.74, 6) is -1.35. The van der Waals surface area contributed by atoms with Crippen LogP contribution in [0.4, 0.5) is 9.59 Å². The Morgan fingerprint density at radius 2 is 1.24 bits per heavy atom. The summed E-state index contributed by atoms with van der Waals surface area (Å²) in [5, 5.41) is 0. The van der Waals surface area contributed by atoms with Crippen LogP contribution >= 0.6 is 0 Å². The molecule has 1 rings (SSSR count). The first kappa shape index (κ1) is 31.7. The second-order valence-electron chi connectivity index (χ2n) is 10.1.